The number of nitrogens with two attached hydrogens (primary N) is 1. The molecule has 0 radical (unpaired) electrons. The van der Waals surface area contributed by atoms with Crippen LogP contribution in [0.5, 0.6) is 0 Å². The van der Waals surface area contributed by atoms with E-state index >= 15 is 0 Å². The van der Waals surface area contributed by atoms with Crippen LogP contribution in [0.4, 0.5) is 10.9 Å². The Morgan fingerprint density at radius 3 is 3.00 bits per heavy atom. The van der Waals surface area contributed by atoms with Crippen LogP contribution in [0.3, 0.4) is 0 Å². The second kappa shape index (κ2) is 3.42. The summed E-state index contributed by atoms with van der Waals surface area (Å²) in [6.07, 6.45) is 1.35. The monoisotopic (exact) mass is 211 g/mol. The molecule has 0 aliphatic carbocycles. The molecule has 0 unspecified atom stereocenters. The Morgan fingerprint density at radius 1 is 1.57 bits per heavy atom. The van der Waals surface area contributed by atoms with E-state index in [0.29, 0.717) is 5.82 Å². The molecule has 2 aromatic heterocycles. The highest BCUT2D eigenvalue weighted by Gasteiger charge is 2.12. The first kappa shape index (κ1) is 8.63. The highest BCUT2D eigenvalue weighted by atomic mass is 32.1. The average Bonchev–Trinajstić information content (AvgIpc) is 2.75. The van der Waals surface area contributed by atoms with Gasteiger partial charge in [-0.05, 0) is 0 Å². The topological polar surface area (TPSA) is 107 Å². The number of nitrogen functional groups attached to an aromatic ring is 1. The highest BCUT2D eigenvalue weighted by Crippen LogP contribution is 2.12. The Kier molecular flexibility index (Phi) is 2.11. The first-order chi connectivity index (χ1) is 6.75. The van der Waals surface area contributed by atoms with Gasteiger partial charge in [-0.1, -0.05) is 16.5 Å². The molecule has 14 heavy (non-hydrogen) atoms. The summed E-state index contributed by atoms with van der Waals surface area (Å²) in [5, 5.41) is 13.5. The number of carbonyl (C=O) groups excluding carboxylic acids is 1. The zero-order chi connectivity index (χ0) is 9.97. The van der Waals surface area contributed by atoms with Crippen molar-refractivity contribution in [3.05, 3.63) is 17.3 Å². The predicted octanol–water partition coefficient (Wildman–Crippen LogP) is 0.361. The number of rotatable bonds is 2. The first-order valence-electron chi connectivity index (χ1n) is 3.56. The number of anilines is 2. The lowest BCUT2D eigenvalue weighted by Gasteiger charge is -1.94. The number of amides is 1. The Hall–Kier alpha value is -1.96. The molecule has 0 aliphatic rings. The van der Waals surface area contributed by atoms with Crippen molar-refractivity contribution in [2.24, 2.45) is 0 Å². The Balaban J connectivity index is 2.10. The molecule has 0 fully saturated rings. The summed E-state index contributed by atoms with van der Waals surface area (Å²) in [6, 6.07) is 1.52. The molecule has 7 nitrogen and oxygen atoms in total. The van der Waals surface area contributed by atoms with Gasteiger partial charge in [0.25, 0.3) is 5.91 Å². The molecule has 0 saturated carbocycles. The predicted molar refractivity (Wildman–Crippen MR) is 48.8 cm³/mol. The second-order valence-electron chi connectivity index (χ2n) is 2.28. The van der Waals surface area contributed by atoms with Crippen LogP contribution in [0.1, 0.15) is 9.80 Å². The molecular weight excluding hydrogens is 206 g/mol. The fourth-order valence-electron chi connectivity index (χ4n) is 0.773. The molecule has 72 valence electrons. The Bertz CT molecular complexity index is 437. The molecule has 2 heterocycles. The third kappa shape index (κ3) is 1.69. The Labute approximate surface area is 81.9 Å². The molecule has 2 rings (SSSR count). The van der Waals surface area contributed by atoms with Crippen molar-refractivity contribution < 1.29 is 9.32 Å². The van der Waals surface area contributed by atoms with Crippen LogP contribution >= 0.6 is 11.3 Å². The maximum Gasteiger partial charge on any atom is 0.287 e. The Morgan fingerprint density at radius 2 is 2.43 bits per heavy atom. The highest BCUT2D eigenvalue weighted by molar-refractivity contribution is 7.16. The van der Waals surface area contributed by atoms with E-state index < -0.39 is 5.91 Å². The van der Waals surface area contributed by atoms with E-state index in [1.807, 2.05) is 0 Å². The summed E-state index contributed by atoms with van der Waals surface area (Å²) < 4.78 is 4.53. The third-order valence-corrected chi connectivity index (χ3v) is 2.07. The summed E-state index contributed by atoms with van der Waals surface area (Å²) in [7, 11) is 0. The number of nitrogens with one attached hydrogen (secondary N) is 1. The van der Waals surface area contributed by atoms with Crippen molar-refractivity contribution in [2.45, 2.75) is 0 Å². The van der Waals surface area contributed by atoms with Gasteiger partial charge in [-0.3, -0.25) is 4.79 Å². The minimum Gasteiger partial charge on any atom is -0.374 e. The molecule has 0 aromatic carbocycles. The average molecular weight is 211 g/mol. The zero-order valence-corrected chi connectivity index (χ0v) is 7.61. The maximum atomic E-state index is 11.4. The van der Waals surface area contributed by atoms with Gasteiger partial charge >= 0.3 is 0 Å². The van der Waals surface area contributed by atoms with Crippen molar-refractivity contribution >= 4 is 28.2 Å². The lowest BCUT2D eigenvalue weighted by molar-refractivity contribution is 0.102. The van der Waals surface area contributed by atoms with Crippen LogP contribution in [0, 0.1) is 0 Å². The van der Waals surface area contributed by atoms with Crippen LogP contribution in [-0.4, -0.2) is 21.3 Å². The van der Waals surface area contributed by atoms with Gasteiger partial charge < -0.3 is 15.6 Å². The number of aromatic nitrogens is 3. The van der Waals surface area contributed by atoms with E-state index in [2.05, 4.69) is 25.2 Å². The molecule has 1 amide bonds. The van der Waals surface area contributed by atoms with E-state index in [4.69, 9.17) is 5.73 Å². The van der Waals surface area contributed by atoms with Crippen molar-refractivity contribution in [3.63, 3.8) is 0 Å². The van der Waals surface area contributed by atoms with Crippen molar-refractivity contribution in [2.75, 3.05) is 11.1 Å². The van der Waals surface area contributed by atoms with Crippen LogP contribution in [-0.2, 0) is 0 Å². The largest absolute Gasteiger partial charge is 0.374 e. The molecular formula is C6H5N5O2S. The van der Waals surface area contributed by atoms with Gasteiger partial charge in [0.05, 0.1) is 0 Å². The van der Waals surface area contributed by atoms with E-state index in [1.165, 1.54) is 12.3 Å². The summed E-state index contributed by atoms with van der Waals surface area (Å²) >= 11 is 1.00. The van der Waals surface area contributed by atoms with Gasteiger partial charge in [0.1, 0.15) is 6.26 Å². The smallest absolute Gasteiger partial charge is 0.287 e. The molecule has 3 N–H and O–H groups in total. The lowest BCUT2D eigenvalue weighted by atomic mass is 10.5. The second-order valence-corrected chi connectivity index (χ2v) is 3.29. The zero-order valence-electron chi connectivity index (χ0n) is 6.80. The molecule has 0 saturated heterocycles. The van der Waals surface area contributed by atoms with Crippen molar-refractivity contribution in [1.82, 2.24) is 15.4 Å². The van der Waals surface area contributed by atoms with E-state index in [1.54, 1.807) is 0 Å². The minimum absolute atomic E-state index is 0.186. The molecule has 0 bridgehead atoms. The molecule has 8 heteroatoms. The summed E-state index contributed by atoms with van der Waals surface area (Å²) in [4.78, 5) is 11.4. The lowest BCUT2D eigenvalue weighted by Crippen LogP contribution is -2.11. The van der Waals surface area contributed by atoms with E-state index in [-0.39, 0.29) is 10.1 Å². The standard InChI is InChI=1S/C6H5N5O2S/c7-6-10-9-5(14-6)4(12)8-3-1-2-13-11-3/h1-2H,(H2,7,10)(H,8,11,12). The third-order valence-electron chi connectivity index (χ3n) is 1.31. The quantitative estimate of drug-likeness (QED) is 0.742. The normalized spacial score (nSPS) is 10.0. The number of carbonyl (C=O) groups is 1. The van der Waals surface area contributed by atoms with Gasteiger partial charge in [-0.15, -0.1) is 10.2 Å². The van der Waals surface area contributed by atoms with Crippen molar-refractivity contribution in [1.29, 1.82) is 0 Å². The fourth-order valence-corrected chi connectivity index (χ4v) is 1.28. The molecule has 0 atom stereocenters. The van der Waals surface area contributed by atoms with Crippen LogP contribution in [0.25, 0.3) is 0 Å². The van der Waals surface area contributed by atoms with Gasteiger partial charge in [-0.2, -0.15) is 0 Å². The van der Waals surface area contributed by atoms with Gasteiger partial charge in [0, 0.05) is 6.07 Å². The summed E-state index contributed by atoms with van der Waals surface area (Å²) in [6.45, 7) is 0. The van der Waals surface area contributed by atoms with Gasteiger partial charge in [0.15, 0.2) is 5.82 Å². The summed E-state index contributed by atoms with van der Waals surface area (Å²) in [5.74, 6) is -0.0862. The van der Waals surface area contributed by atoms with Crippen LogP contribution < -0.4 is 11.1 Å². The molecule has 2 aromatic rings. The van der Waals surface area contributed by atoms with Gasteiger partial charge in [0.2, 0.25) is 10.1 Å². The molecule has 0 aliphatic heterocycles. The first-order valence-corrected chi connectivity index (χ1v) is 4.38. The number of nitrogens with zero attached hydrogens (tertiary/aromatic N) is 3. The van der Waals surface area contributed by atoms with E-state index in [9.17, 15) is 4.79 Å². The van der Waals surface area contributed by atoms with Crippen molar-refractivity contribution in [3.8, 4) is 0 Å². The van der Waals surface area contributed by atoms with Crippen LogP contribution in [0.2, 0.25) is 0 Å². The molecule has 0 spiro atoms. The SMILES string of the molecule is Nc1nnc(C(=O)Nc2ccon2)s1. The van der Waals surface area contributed by atoms with Crippen LogP contribution in [0.15, 0.2) is 16.9 Å². The fraction of sp³-hybridized carbons (Fsp3) is 0. The number of hydrogen-bond donors (Lipinski definition) is 2. The number of hydrogen-bond acceptors (Lipinski definition) is 7. The van der Waals surface area contributed by atoms with Gasteiger partial charge in [-0.25, -0.2) is 0 Å². The van der Waals surface area contributed by atoms with E-state index in [0.717, 1.165) is 11.3 Å². The minimum atomic E-state index is -0.409. The maximum absolute atomic E-state index is 11.4. The summed E-state index contributed by atoms with van der Waals surface area (Å²) in [5.41, 5.74) is 5.32.